The van der Waals surface area contributed by atoms with Gasteiger partial charge in [-0.2, -0.15) is 0 Å². The Hall–Kier alpha value is 0.690. The third kappa shape index (κ3) is 2.84. The molecular formula is C12H23IO. The highest BCUT2D eigenvalue weighted by molar-refractivity contribution is 14.1. The van der Waals surface area contributed by atoms with E-state index < -0.39 is 0 Å². The predicted molar refractivity (Wildman–Crippen MR) is 69.8 cm³/mol. The molecule has 0 aliphatic heterocycles. The second-order valence-corrected chi connectivity index (χ2v) is 6.98. The van der Waals surface area contributed by atoms with E-state index in [0.717, 1.165) is 12.3 Å². The van der Waals surface area contributed by atoms with E-state index in [1.807, 2.05) is 0 Å². The highest BCUT2D eigenvalue weighted by Crippen LogP contribution is 2.59. The molecule has 1 saturated carbocycles. The van der Waals surface area contributed by atoms with Gasteiger partial charge in [-0.05, 0) is 17.8 Å². The zero-order valence-corrected chi connectivity index (χ0v) is 11.9. The van der Waals surface area contributed by atoms with Gasteiger partial charge in [-0.1, -0.05) is 63.1 Å². The molecular weight excluding hydrogens is 287 g/mol. The molecule has 2 heteroatoms. The van der Waals surface area contributed by atoms with Crippen molar-refractivity contribution in [2.24, 2.45) is 17.3 Å². The Morgan fingerprint density at radius 3 is 2.14 bits per heavy atom. The third-order valence-electron chi connectivity index (χ3n) is 3.47. The molecule has 0 aromatic rings. The molecule has 0 aromatic carbocycles. The molecule has 1 nitrogen and oxygen atoms in total. The SMILES string of the molecule is CC(C)CCC[C@H](O)[C@H]1[C@@H](I)C1(C)C. The fraction of sp³-hybridized carbons (Fsp3) is 1.00. The molecule has 1 aliphatic carbocycles. The fourth-order valence-corrected chi connectivity index (χ4v) is 3.83. The number of hydrogen-bond donors (Lipinski definition) is 1. The molecule has 0 spiro atoms. The first-order chi connectivity index (χ1) is 6.37. The van der Waals surface area contributed by atoms with E-state index in [0.29, 0.717) is 15.3 Å². The van der Waals surface area contributed by atoms with Crippen LogP contribution in [0, 0.1) is 17.3 Å². The Kier molecular flexibility index (Phi) is 4.27. The van der Waals surface area contributed by atoms with E-state index in [4.69, 9.17) is 0 Å². The molecule has 0 radical (unpaired) electrons. The Labute approximate surface area is 102 Å². The number of hydrogen-bond acceptors (Lipinski definition) is 1. The van der Waals surface area contributed by atoms with Crippen LogP contribution in [-0.2, 0) is 0 Å². The van der Waals surface area contributed by atoms with Crippen LogP contribution in [-0.4, -0.2) is 15.1 Å². The van der Waals surface area contributed by atoms with Crippen molar-refractivity contribution in [2.45, 2.75) is 57.0 Å². The lowest BCUT2D eigenvalue weighted by Gasteiger charge is -2.12. The molecule has 1 rings (SSSR count). The predicted octanol–water partition coefficient (Wildman–Crippen LogP) is 3.63. The summed E-state index contributed by atoms with van der Waals surface area (Å²) in [7, 11) is 0. The van der Waals surface area contributed by atoms with Crippen LogP contribution in [0.5, 0.6) is 0 Å². The Bertz CT molecular complexity index is 189. The van der Waals surface area contributed by atoms with Crippen molar-refractivity contribution < 1.29 is 5.11 Å². The first kappa shape index (κ1) is 12.8. The largest absolute Gasteiger partial charge is 0.393 e. The van der Waals surface area contributed by atoms with Gasteiger partial charge in [-0.3, -0.25) is 0 Å². The molecule has 1 fully saturated rings. The Morgan fingerprint density at radius 1 is 1.29 bits per heavy atom. The summed E-state index contributed by atoms with van der Waals surface area (Å²) >= 11 is 2.48. The topological polar surface area (TPSA) is 20.2 Å². The number of aliphatic hydroxyl groups is 1. The molecule has 0 unspecified atom stereocenters. The second-order valence-electron chi connectivity index (χ2n) is 5.64. The van der Waals surface area contributed by atoms with Gasteiger partial charge in [0.1, 0.15) is 0 Å². The molecule has 14 heavy (non-hydrogen) atoms. The van der Waals surface area contributed by atoms with Gasteiger partial charge in [-0.25, -0.2) is 0 Å². The molecule has 1 N–H and O–H groups in total. The summed E-state index contributed by atoms with van der Waals surface area (Å²) in [6, 6.07) is 0. The van der Waals surface area contributed by atoms with Crippen molar-refractivity contribution in [2.75, 3.05) is 0 Å². The van der Waals surface area contributed by atoms with Gasteiger partial charge in [0.2, 0.25) is 0 Å². The maximum absolute atomic E-state index is 10.0. The minimum atomic E-state index is -0.0642. The Balaban J connectivity index is 2.21. The standard InChI is InChI=1S/C12H23IO/c1-8(2)6-5-7-9(14)10-11(13)12(10,3)4/h8-11,14H,5-7H2,1-4H3/t9-,10-,11+/m0/s1. The van der Waals surface area contributed by atoms with Gasteiger partial charge in [0.05, 0.1) is 6.10 Å². The van der Waals surface area contributed by atoms with E-state index in [2.05, 4.69) is 50.3 Å². The van der Waals surface area contributed by atoms with Crippen LogP contribution in [0.25, 0.3) is 0 Å². The van der Waals surface area contributed by atoms with Gasteiger partial charge in [0.25, 0.3) is 0 Å². The quantitative estimate of drug-likeness (QED) is 0.607. The van der Waals surface area contributed by atoms with Crippen molar-refractivity contribution in [3.05, 3.63) is 0 Å². The summed E-state index contributed by atoms with van der Waals surface area (Å²) in [5.41, 5.74) is 0.373. The number of halogens is 1. The van der Waals surface area contributed by atoms with Crippen molar-refractivity contribution in [3.63, 3.8) is 0 Å². The molecule has 0 amide bonds. The van der Waals surface area contributed by atoms with E-state index in [-0.39, 0.29) is 6.10 Å². The minimum Gasteiger partial charge on any atom is -0.393 e. The van der Waals surface area contributed by atoms with Gasteiger partial charge in [0, 0.05) is 9.84 Å². The lowest BCUT2D eigenvalue weighted by molar-refractivity contribution is 0.123. The lowest BCUT2D eigenvalue weighted by Crippen LogP contribution is -2.13. The highest BCUT2D eigenvalue weighted by atomic mass is 127. The minimum absolute atomic E-state index is 0.0642. The van der Waals surface area contributed by atoms with Crippen molar-refractivity contribution >= 4 is 22.6 Å². The Morgan fingerprint density at radius 2 is 1.79 bits per heavy atom. The molecule has 0 aromatic heterocycles. The van der Waals surface area contributed by atoms with Crippen LogP contribution in [0.4, 0.5) is 0 Å². The normalized spacial score (nSPS) is 31.9. The third-order valence-corrected chi connectivity index (χ3v) is 5.85. The summed E-state index contributed by atoms with van der Waals surface area (Å²) in [6.45, 7) is 9.02. The second kappa shape index (κ2) is 4.69. The lowest BCUT2D eigenvalue weighted by atomic mass is 9.99. The zero-order valence-electron chi connectivity index (χ0n) is 9.76. The maximum Gasteiger partial charge on any atom is 0.0584 e. The van der Waals surface area contributed by atoms with Crippen molar-refractivity contribution in [3.8, 4) is 0 Å². The zero-order chi connectivity index (χ0) is 10.9. The van der Waals surface area contributed by atoms with E-state index in [1.165, 1.54) is 12.8 Å². The first-order valence-corrected chi connectivity index (χ1v) is 6.94. The van der Waals surface area contributed by atoms with Crippen LogP contribution >= 0.6 is 22.6 Å². The summed E-state index contributed by atoms with van der Waals surface area (Å²) in [6.07, 6.45) is 3.35. The number of rotatable bonds is 5. The smallest absolute Gasteiger partial charge is 0.0584 e. The molecule has 0 heterocycles. The highest BCUT2D eigenvalue weighted by Gasteiger charge is 2.59. The van der Waals surface area contributed by atoms with Crippen molar-refractivity contribution in [1.82, 2.24) is 0 Å². The number of alkyl halides is 1. The maximum atomic E-state index is 10.0. The summed E-state index contributed by atoms with van der Waals surface area (Å²) in [4.78, 5) is 0. The van der Waals surface area contributed by atoms with Gasteiger partial charge >= 0.3 is 0 Å². The monoisotopic (exact) mass is 310 g/mol. The van der Waals surface area contributed by atoms with Crippen LogP contribution in [0.3, 0.4) is 0 Å². The summed E-state index contributed by atoms with van der Waals surface area (Å²) in [5.74, 6) is 1.31. The van der Waals surface area contributed by atoms with Crippen molar-refractivity contribution in [1.29, 1.82) is 0 Å². The average Bonchev–Trinajstić information content (AvgIpc) is 2.50. The summed E-state index contributed by atoms with van der Waals surface area (Å²) in [5, 5.41) is 10.0. The van der Waals surface area contributed by atoms with Gasteiger partial charge < -0.3 is 5.11 Å². The van der Waals surface area contributed by atoms with Gasteiger partial charge in [-0.15, -0.1) is 0 Å². The van der Waals surface area contributed by atoms with Crippen LogP contribution in [0.2, 0.25) is 0 Å². The van der Waals surface area contributed by atoms with E-state index in [9.17, 15) is 5.11 Å². The summed E-state index contributed by atoms with van der Waals surface area (Å²) < 4.78 is 0.675. The number of aliphatic hydroxyl groups excluding tert-OH is 1. The molecule has 3 atom stereocenters. The first-order valence-electron chi connectivity index (χ1n) is 5.69. The molecule has 1 aliphatic rings. The molecule has 0 saturated heterocycles. The van der Waals surface area contributed by atoms with Crippen LogP contribution < -0.4 is 0 Å². The molecule has 84 valence electrons. The van der Waals surface area contributed by atoms with Crippen LogP contribution in [0.1, 0.15) is 47.0 Å². The van der Waals surface area contributed by atoms with E-state index in [1.54, 1.807) is 0 Å². The van der Waals surface area contributed by atoms with Crippen LogP contribution in [0.15, 0.2) is 0 Å². The fourth-order valence-electron chi connectivity index (χ4n) is 2.22. The van der Waals surface area contributed by atoms with Gasteiger partial charge in [0.15, 0.2) is 0 Å². The van der Waals surface area contributed by atoms with E-state index >= 15 is 0 Å². The average molecular weight is 310 g/mol. The molecule has 0 bridgehead atoms.